The van der Waals surface area contributed by atoms with Gasteiger partial charge in [-0.25, -0.2) is 4.39 Å². The second-order valence-corrected chi connectivity index (χ2v) is 8.06. The van der Waals surface area contributed by atoms with E-state index in [1.54, 1.807) is 20.7 Å². The molecule has 7 nitrogen and oxygen atoms in total. The summed E-state index contributed by atoms with van der Waals surface area (Å²) < 4.78 is 15.6. The second kappa shape index (κ2) is 7.77. The molecule has 158 valence electrons. The van der Waals surface area contributed by atoms with Gasteiger partial charge in [0.25, 0.3) is 11.8 Å². The number of nitrogens with zero attached hydrogens (tertiary/aromatic N) is 5. The molecule has 31 heavy (non-hydrogen) atoms. The van der Waals surface area contributed by atoms with Crippen molar-refractivity contribution >= 4 is 23.4 Å². The van der Waals surface area contributed by atoms with E-state index in [-0.39, 0.29) is 28.9 Å². The summed E-state index contributed by atoms with van der Waals surface area (Å²) >= 11 is 5.73. The van der Waals surface area contributed by atoms with Gasteiger partial charge in [0.2, 0.25) is 0 Å². The molecule has 1 aromatic carbocycles. The van der Waals surface area contributed by atoms with Crippen LogP contribution in [0, 0.1) is 5.82 Å². The lowest BCUT2D eigenvalue weighted by molar-refractivity contribution is 0.0668. The van der Waals surface area contributed by atoms with Crippen LogP contribution in [-0.4, -0.2) is 49.5 Å². The fraction of sp³-hybridized carbons (Fsp3) is 0.273. The zero-order valence-corrected chi connectivity index (χ0v) is 17.3. The van der Waals surface area contributed by atoms with Crippen LogP contribution in [0.5, 0.6) is 0 Å². The number of fused-ring (bicyclic) bond motifs is 3. The lowest BCUT2D eigenvalue weighted by Crippen LogP contribution is -2.41. The van der Waals surface area contributed by atoms with Gasteiger partial charge in [0.1, 0.15) is 11.5 Å². The number of pyridine rings is 1. The third-order valence-corrected chi connectivity index (χ3v) is 6.01. The van der Waals surface area contributed by atoms with E-state index in [2.05, 4.69) is 10.1 Å². The summed E-state index contributed by atoms with van der Waals surface area (Å²) in [5.74, 6) is -1.04. The van der Waals surface area contributed by atoms with Gasteiger partial charge in [0, 0.05) is 36.8 Å². The molecule has 0 saturated carbocycles. The Morgan fingerprint density at radius 3 is 2.81 bits per heavy atom. The van der Waals surface area contributed by atoms with Crippen molar-refractivity contribution in [3.8, 4) is 0 Å². The highest BCUT2D eigenvalue weighted by Crippen LogP contribution is 2.28. The molecule has 0 atom stereocenters. The van der Waals surface area contributed by atoms with Crippen LogP contribution in [0.15, 0.2) is 42.6 Å². The maximum Gasteiger partial charge on any atom is 0.272 e. The smallest absolute Gasteiger partial charge is 0.272 e. The summed E-state index contributed by atoms with van der Waals surface area (Å²) in [7, 11) is 0. The molecule has 5 rings (SSSR count). The van der Waals surface area contributed by atoms with Crippen molar-refractivity contribution in [3.05, 3.63) is 81.6 Å². The minimum absolute atomic E-state index is 0.0261. The molecule has 0 fully saturated rings. The average molecular weight is 440 g/mol. The number of carbonyl (C=O) groups is 2. The number of hydrogen-bond acceptors (Lipinski definition) is 4. The standard InChI is InChI=1S/C22H19ClFN5O2/c23-17-5-4-14(11-18(17)24)21(30)27-8-6-19-16(13-27)20-22(31)28(9-10-29(20)26-19)12-15-3-1-2-7-25-15/h1-5,7,11H,6,8-10,12-13H2. The predicted molar refractivity (Wildman–Crippen MR) is 111 cm³/mol. The molecule has 2 aliphatic heterocycles. The van der Waals surface area contributed by atoms with E-state index in [9.17, 15) is 14.0 Å². The molecule has 0 N–H and O–H groups in total. The van der Waals surface area contributed by atoms with Gasteiger partial charge in [0.05, 0.1) is 36.0 Å². The van der Waals surface area contributed by atoms with Crippen LogP contribution >= 0.6 is 11.6 Å². The number of carbonyl (C=O) groups excluding carboxylic acids is 2. The molecule has 0 spiro atoms. The van der Waals surface area contributed by atoms with Crippen LogP contribution in [0.1, 0.15) is 37.8 Å². The van der Waals surface area contributed by atoms with Gasteiger partial charge in [-0.3, -0.25) is 19.3 Å². The minimum Gasteiger partial charge on any atom is -0.334 e. The summed E-state index contributed by atoms with van der Waals surface area (Å²) in [6.07, 6.45) is 2.25. The van der Waals surface area contributed by atoms with E-state index in [4.69, 9.17) is 11.6 Å². The highest BCUT2D eigenvalue weighted by Gasteiger charge is 2.35. The summed E-state index contributed by atoms with van der Waals surface area (Å²) in [4.78, 5) is 33.9. The molecule has 0 aliphatic carbocycles. The predicted octanol–water partition coefficient (Wildman–Crippen LogP) is 2.93. The molecule has 0 unspecified atom stereocenters. The quantitative estimate of drug-likeness (QED) is 0.629. The first-order valence-corrected chi connectivity index (χ1v) is 10.4. The highest BCUT2D eigenvalue weighted by molar-refractivity contribution is 6.30. The van der Waals surface area contributed by atoms with Crippen molar-refractivity contribution in [1.29, 1.82) is 0 Å². The van der Waals surface area contributed by atoms with Gasteiger partial charge in [-0.2, -0.15) is 5.10 Å². The zero-order valence-electron chi connectivity index (χ0n) is 16.6. The third-order valence-electron chi connectivity index (χ3n) is 5.71. The van der Waals surface area contributed by atoms with Crippen LogP contribution in [0.4, 0.5) is 4.39 Å². The van der Waals surface area contributed by atoms with Gasteiger partial charge in [0.15, 0.2) is 0 Å². The minimum atomic E-state index is -0.631. The summed E-state index contributed by atoms with van der Waals surface area (Å²) in [6, 6.07) is 9.65. The molecule has 4 heterocycles. The molecular formula is C22H19ClFN5O2. The molecule has 3 aromatic rings. The SMILES string of the molecule is O=C(c1ccc(Cl)c(F)c1)N1CCc2nn3c(c2C1)C(=O)N(Cc1ccccn1)CC3. The Balaban J connectivity index is 1.40. The molecule has 2 amide bonds. The molecular weight excluding hydrogens is 421 g/mol. The molecule has 0 saturated heterocycles. The first kappa shape index (κ1) is 19.7. The van der Waals surface area contributed by atoms with E-state index >= 15 is 0 Å². The van der Waals surface area contributed by atoms with Crippen molar-refractivity contribution < 1.29 is 14.0 Å². The Labute approximate surface area is 183 Å². The Bertz CT molecular complexity index is 1180. The lowest BCUT2D eigenvalue weighted by Gasteiger charge is -2.30. The molecule has 2 aliphatic rings. The fourth-order valence-electron chi connectivity index (χ4n) is 4.12. The average Bonchev–Trinajstić information content (AvgIpc) is 3.16. The Morgan fingerprint density at radius 1 is 1.16 bits per heavy atom. The van der Waals surface area contributed by atoms with Gasteiger partial charge in [-0.1, -0.05) is 17.7 Å². The van der Waals surface area contributed by atoms with E-state index < -0.39 is 5.82 Å². The maximum atomic E-state index is 13.8. The van der Waals surface area contributed by atoms with Crippen molar-refractivity contribution in [2.45, 2.75) is 26.1 Å². The van der Waals surface area contributed by atoms with Crippen LogP contribution in [0.2, 0.25) is 5.02 Å². The first-order chi connectivity index (χ1) is 15.0. The molecule has 0 radical (unpaired) electrons. The Kier molecular flexibility index (Phi) is 4.94. The van der Waals surface area contributed by atoms with E-state index in [0.29, 0.717) is 38.3 Å². The highest BCUT2D eigenvalue weighted by atomic mass is 35.5. The van der Waals surface area contributed by atoms with Crippen LogP contribution < -0.4 is 0 Å². The second-order valence-electron chi connectivity index (χ2n) is 7.65. The number of amides is 2. The number of rotatable bonds is 3. The van der Waals surface area contributed by atoms with E-state index in [0.717, 1.165) is 23.0 Å². The maximum absolute atomic E-state index is 13.8. The number of benzene rings is 1. The Hall–Kier alpha value is -3.26. The Morgan fingerprint density at radius 2 is 2.03 bits per heavy atom. The number of halogens is 2. The van der Waals surface area contributed by atoms with Gasteiger partial charge in [-0.05, 0) is 30.3 Å². The summed E-state index contributed by atoms with van der Waals surface area (Å²) in [5, 5.41) is 4.59. The normalized spacial score (nSPS) is 15.6. The monoisotopic (exact) mass is 439 g/mol. The fourth-order valence-corrected chi connectivity index (χ4v) is 4.24. The van der Waals surface area contributed by atoms with Crippen LogP contribution in [0.3, 0.4) is 0 Å². The topological polar surface area (TPSA) is 71.3 Å². The van der Waals surface area contributed by atoms with Crippen molar-refractivity contribution in [3.63, 3.8) is 0 Å². The zero-order chi connectivity index (χ0) is 21.5. The first-order valence-electron chi connectivity index (χ1n) is 10.0. The summed E-state index contributed by atoms with van der Waals surface area (Å²) in [5.41, 5.74) is 3.19. The molecule has 0 bridgehead atoms. The number of aromatic nitrogens is 3. The molecule has 2 aromatic heterocycles. The van der Waals surface area contributed by atoms with Crippen LogP contribution in [0.25, 0.3) is 0 Å². The van der Waals surface area contributed by atoms with Gasteiger partial charge >= 0.3 is 0 Å². The van der Waals surface area contributed by atoms with E-state index in [1.165, 1.54) is 12.1 Å². The largest absolute Gasteiger partial charge is 0.334 e. The van der Waals surface area contributed by atoms with E-state index in [1.807, 2.05) is 18.2 Å². The lowest BCUT2D eigenvalue weighted by atomic mass is 10.0. The molecule has 9 heteroatoms. The van der Waals surface area contributed by atoms with Crippen molar-refractivity contribution in [1.82, 2.24) is 24.6 Å². The van der Waals surface area contributed by atoms with Crippen LogP contribution in [-0.2, 0) is 26.1 Å². The van der Waals surface area contributed by atoms with Crippen molar-refractivity contribution in [2.24, 2.45) is 0 Å². The van der Waals surface area contributed by atoms with Gasteiger partial charge in [-0.15, -0.1) is 0 Å². The summed E-state index contributed by atoms with van der Waals surface area (Å²) in [6.45, 7) is 2.29. The third kappa shape index (κ3) is 3.57. The number of hydrogen-bond donors (Lipinski definition) is 0. The van der Waals surface area contributed by atoms with Crippen molar-refractivity contribution in [2.75, 3.05) is 13.1 Å². The van der Waals surface area contributed by atoms with Gasteiger partial charge < -0.3 is 9.80 Å².